The first-order valence-corrected chi connectivity index (χ1v) is 4.70. The molecule has 0 unspecified atom stereocenters. The second kappa shape index (κ2) is 18.8. The maximum atomic E-state index is 9.50. The summed E-state index contributed by atoms with van der Waals surface area (Å²) >= 11 is 0. The van der Waals surface area contributed by atoms with Gasteiger partial charge in [0, 0.05) is 12.1 Å². The fourth-order valence-electron chi connectivity index (χ4n) is 0.183. The molecule has 0 heterocycles. The zero-order valence-corrected chi connectivity index (χ0v) is 10.6. The monoisotopic (exact) mass is 220 g/mol. The molecule has 0 saturated heterocycles. The van der Waals surface area contributed by atoms with Crippen LogP contribution in [0.4, 0.5) is 0 Å². The Labute approximate surface area is 92.6 Å². The fraction of sp³-hybridized carbons (Fsp3) is 0.800. The molecule has 15 heavy (non-hydrogen) atoms. The van der Waals surface area contributed by atoms with Gasteiger partial charge in [-0.25, -0.2) is 5.90 Å². The van der Waals surface area contributed by atoms with Crippen molar-refractivity contribution in [2.75, 3.05) is 14.2 Å². The molecule has 0 aromatic heterocycles. The SMILES string of the molecule is CC(C)C=O.CON.CON=CC(C)C. The Hall–Kier alpha value is -0.940. The highest BCUT2D eigenvalue weighted by molar-refractivity contribution is 5.58. The number of hydrogen-bond donors (Lipinski definition) is 1. The molecular formula is C10H24N2O3. The number of rotatable bonds is 3. The van der Waals surface area contributed by atoms with Crippen molar-refractivity contribution in [3.05, 3.63) is 0 Å². The quantitative estimate of drug-likeness (QED) is 0.445. The molecule has 0 radical (unpaired) electrons. The number of oxime groups is 1. The van der Waals surface area contributed by atoms with E-state index in [0.717, 1.165) is 6.29 Å². The van der Waals surface area contributed by atoms with Crippen molar-refractivity contribution in [1.82, 2.24) is 0 Å². The van der Waals surface area contributed by atoms with Gasteiger partial charge in [0.15, 0.2) is 0 Å². The third kappa shape index (κ3) is 62.4. The predicted octanol–water partition coefficient (Wildman–Crippen LogP) is 1.62. The van der Waals surface area contributed by atoms with E-state index in [9.17, 15) is 4.79 Å². The maximum absolute atomic E-state index is 9.50. The zero-order valence-electron chi connectivity index (χ0n) is 10.6. The summed E-state index contributed by atoms with van der Waals surface area (Å²) in [4.78, 5) is 17.7. The van der Waals surface area contributed by atoms with Crippen LogP contribution in [0.15, 0.2) is 5.16 Å². The fourth-order valence-corrected chi connectivity index (χ4v) is 0.183. The molecule has 0 bridgehead atoms. The van der Waals surface area contributed by atoms with Crippen LogP contribution >= 0.6 is 0 Å². The van der Waals surface area contributed by atoms with Gasteiger partial charge in [-0.05, 0) is 5.92 Å². The minimum Gasteiger partial charge on any atom is -0.399 e. The van der Waals surface area contributed by atoms with Crippen LogP contribution in [0.5, 0.6) is 0 Å². The molecule has 2 N–H and O–H groups in total. The van der Waals surface area contributed by atoms with E-state index in [-0.39, 0.29) is 5.92 Å². The lowest BCUT2D eigenvalue weighted by Gasteiger charge is -1.88. The van der Waals surface area contributed by atoms with E-state index in [1.165, 1.54) is 7.11 Å². The lowest BCUT2D eigenvalue weighted by atomic mass is 10.3. The molecule has 0 saturated carbocycles. The van der Waals surface area contributed by atoms with Crippen LogP contribution in [-0.2, 0) is 14.5 Å². The number of nitrogens with two attached hydrogens (primary N) is 1. The third-order valence-electron chi connectivity index (χ3n) is 0.737. The number of carbonyl (C=O) groups excluding carboxylic acids is 1. The summed E-state index contributed by atoms with van der Waals surface area (Å²) in [6, 6.07) is 0. The Morgan fingerprint density at radius 2 is 1.47 bits per heavy atom. The molecule has 5 nitrogen and oxygen atoms in total. The average Bonchev–Trinajstić information content (AvgIpc) is 2.16. The minimum atomic E-state index is 0.204. The Morgan fingerprint density at radius 1 is 1.13 bits per heavy atom. The molecule has 0 atom stereocenters. The third-order valence-corrected chi connectivity index (χ3v) is 0.737. The standard InChI is InChI=1S/C5H11NO.C4H8O.CH5NO/c1-5(2)4-6-7-3;1-4(2)3-5;1-3-2/h4-5H,1-3H3;3-4H,1-2H3;2H2,1H3. The maximum Gasteiger partial charge on any atom is 0.122 e. The summed E-state index contributed by atoms with van der Waals surface area (Å²) in [7, 11) is 2.94. The lowest BCUT2D eigenvalue weighted by molar-refractivity contribution is -0.110. The summed E-state index contributed by atoms with van der Waals surface area (Å²) in [5.74, 6) is 5.04. The molecule has 0 amide bonds. The molecular weight excluding hydrogens is 196 g/mol. The van der Waals surface area contributed by atoms with Crippen LogP contribution in [0.25, 0.3) is 0 Å². The van der Waals surface area contributed by atoms with Crippen molar-refractivity contribution in [2.45, 2.75) is 27.7 Å². The average molecular weight is 220 g/mol. The summed E-state index contributed by atoms with van der Waals surface area (Å²) in [5, 5.41) is 3.55. The molecule has 0 fully saturated rings. The highest BCUT2D eigenvalue weighted by atomic mass is 16.6. The van der Waals surface area contributed by atoms with Crippen LogP contribution in [0.2, 0.25) is 0 Å². The van der Waals surface area contributed by atoms with Crippen LogP contribution in [0.1, 0.15) is 27.7 Å². The molecule has 0 rings (SSSR count). The topological polar surface area (TPSA) is 73.9 Å². The Balaban J connectivity index is -0.000000158. The summed E-state index contributed by atoms with van der Waals surface area (Å²) in [6.45, 7) is 7.80. The largest absolute Gasteiger partial charge is 0.399 e. The van der Waals surface area contributed by atoms with Crippen molar-refractivity contribution in [3.8, 4) is 0 Å². The van der Waals surface area contributed by atoms with Gasteiger partial charge in [0.25, 0.3) is 0 Å². The van der Waals surface area contributed by atoms with E-state index in [0.29, 0.717) is 5.92 Å². The molecule has 0 aliphatic rings. The second-order valence-electron chi connectivity index (χ2n) is 3.30. The van der Waals surface area contributed by atoms with Crippen molar-refractivity contribution < 1.29 is 14.5 Å². The van der Waals surface area contributed by atoms with Gasteiger partial charge >= 0.3 is 0 Å². The predicted molar refractivity (Wildman–Crippen MR) is 62.4 cm³/mol. The molecule has 92 valence electrons. The van der Waals surface area contributed by atoms with Crippen LogP contribution in [0, 0.1) is 11.8 Å². The van der Waals surface area contributed by atoms with Gasteiger partial charge < -0.3 is 14.5 Å². The smallest absolute Gasteiger partial charge is 0.122 e. The van der Waals surface area contributed by atoms with Crippen molar-refractivity contribution >= 4 is 12.5 Å². The van der Waals surface area contributed by atoms with E-state index < -0.39 is 0 Å². The van der Waals surface area contributed by atoms with E-state index in [1.54, 1.807) is 13.3 Å². The second-order valence-corrected chi connectivity index (χ2v) is 3.30. The molecule has 0 spiro atoms. The van der Waals surface area contributed by atoms with Gasteiger partial charge in [-0.1, -0.05) is 32.9 Å². The molecule has 0 aliphatic carbocycles. The highest BCUT2D eigenvalue weighted by Gasteiger charge is 1.81. The van der Waals surface area contributed by atoms with Gasteiger partial charge in [-0.15, -0.1) is 0 Å². The van der Waals surface area contributed by atoms with Crippen LogP contribution in [-0.4, -0.2) is 26.7 Å². The Bertz CT molecular complexity index is 137. The van der Waals surface area contributed by atoms with E-state index >= 15 is 0 Å². The number of carbonyl (C=O) groups is 1. The summed E-state index contributed by atoms with van der Waals surface area (Å²) in [5.41, 5.74) is 0. The van der Waals surface area contributed by atoms with Gasteiger partial charge in [0.05, 0.1) is 7.11 Å². The Morgan fingerprint density at radius 3 is 1.53 bits per heavy atom. The van der Waals surface area contributed by atoms with Gasteiger partial charge in [-0.3, -0.25) is 0 Å². The van der Waals surface area contributed by atoms with Crippen LogP contribution in [0.3, 0.4) is 0 Å². The molecule has 0 aliphatic heterocycles. The first-order valence-electron chi connectivity index (χ1n) is 4.70. The summed E-state index contributed by atoms with van der Waals surface area (Å²) < 4.78 is 0. The summed E-state index contributed by atoms with van der Waals surface area (Å²) in [6.07, 6.45) is 2.67. The Kier molecular flexibility index (Phi) is 24.5. The van der Waals surface area contributed by atoms with Crippen LogP contribution < -0.4 is 5.90 Å². The number of aldehydes is 1. The molecule has 5 heteroatoms. The highest BCUT2D eigenvalue weighted by Crippen LogP contribution is 1.83. The molecule has 0 aromatic carbocycles. The lowest BCUT2D eigenvalue weighted by Crippen LogP contribution is -1.86. The van der Waals surface area contributed by atoms with Gasteiger partial charge in [0.1, 0.15) is 13.4 Å². The molecule has 0 aromatic rings. The van der Waals surface area contributed by atoms with E-state index in [2.05, 4.69) is 20.7 Å². The number of hydrogen-bond acceptors (Lipinski definition) is 5. The van der Waals surface area contributed by atoms with Crippen molar-refractivity contribution in [2.24, 2.45) is 22.9 Å². The van der Waals surface area contributed by atoms with Gasteiger partial charge in [0.2, 0.25) is 0 Å². The van der Waals surface area contributed by atoms with E-state index in [1.807, 2.05) is 27.7 Å². The van der Waals surface area contributed by atoms with E-state index in [4.69, 9.17) is 0 Å². The minimum absolute atomic E-state index is 0.204. The van der Waals surface area contributed by atoms with Crippen molar-refractivity contribution in [3.63, 3.8) is 0 Å². The van der Waals surface area contributed by atoms with Gasteiger partial charge in [-0.2, -0.15) is 0 Å². The van der Waals surface area contributed by atoms with Crippen molar-refractivity contribution in [1.29, 1.82) is 0 Å². The first kappa shape index (κ1) is 19.6. The normalized spacial score (nSPS) is 9.13. The zero-order chi connectivity index (χ0) is 12.7. The first-order chi connectivity index (χ1) is 6.95. The number of nitrogens with zero attached hydrogens (tertiary/aromatic N) is 1.